The summed E-state index contributed by atoms with van der Waals surface area (Å²) in [4.78, 5) is 4.20. The maximum atomic E-state index is 5.69. The zero-order chi connectivity index (χ0) is 12.3. The Kier molecular flexibility index (Phi) is 3.81. The Morgan fingerprint density at radius 3 is 2.88 bits per heavy atom. The predicted molar refractivity (Wildman–Crippen MR) is 69.6 cm³/mol. The summed E-state index contributed by atoms with van der Waals surface area (Å²) in [5, 5.41) is 0. The summed E-state index contributed by atoms with van der Waals surface area (Å²) < 4.78 is 8.53. The Balaban J connectivity index is 2.07. The first-order chi connectivity index (χ1) is 8.20. The highest BCUT2D eigenvalue weighted by Crippen LogP contribution is 2.26. The lowest BCUT2D eigenvalue weighted by molar-refractivity contribution is 0.290. The average Bonchev–Trinajstić information content (AvgIpc) is 2.73. The van der Waals surface area contributed by atoms with Crippen LogP contribution < -0.4 is 10.5 Å². The number of aromatic nitrogens is 2. The van der Waals surface area contributed by atoms with Crippen molar-refractivity contribution >= 4 is 15.9 Å². The molecule has 0 atom stereocenters. The molecule has 0 spiro atoms. The molecule has 0 aliphatic heterocycles. The predicted octanol–water partition coefficient (Wildman–Crippen LogP) is 2.22. The monoisotopic (exact) mass is 295 g/mol. The minimum Gasteiger partial charge on any atom is -0.485 e. The topological polar surface area (TPSA) is 53.1 Å². The zero-order valence-electron chi connectivity index (χ0n) is 9.56. The molecule has 1 aromatic carbocycles. The van der Waals surface area contributed by atoms with E-state index >= 15 is 0 Å². The van der Waals surface area contributed by atoms with Gasteiger partial charge in [0, 0.05) is 26.0 Å². The van der Waals surface area contributed by atoms with Crippen molar-refractivity contribution in [2.45, 2.75) is 13.2 Å². The van der Waals surface area contributed by atoms with Crippen molar-refractivity contribution in [1.29, 1.82) is 0 Å². The van der Waals surface area contributed by atoms with Gasteiger partial charge in [-0.05, 0) is 33.6 Å². The average molecular weight is 296 g/mol. The van der Waals surface area contributed by atoms with Gasteiger partial charge >= 0.3 is 0 Å². The molecule has 0 saturated heterocycles. The van der Waals surface area contributed by atoms with Crippen LogP contribution in [0.15, 0.2) is 35.1 Å². The van der Waals surface area contributed by atoms with Gasteiger partial charge in [0.05, 0.1) is 4.47 Å². The van der Waals surface area contributed by atoms with Crippen LogP contribution in [-0.4, -0.2) is 9.55 Å². The summed E-state index contributed by atoms with van der Waals surface area (Å²) in [5.41, 5.74) is 6.64. The van der Waals surface area contributed by atoms with Crippen molar-refractivity contribution in [2.75, 3.05) is 0 Å². The largest absolute Gasteiger partial charge is 0.485 e. The maximum absolute atomic E-state index is 5.69. The Labute approximate surface area is 109 Å². The molecule has 0 saturated carbocycles. The summed E-state index contributed by atoms with van der Waals surface area (Å²) in [7, 11) is 1.94. The Bertz CT molecular complexity index is 510. The SMILES string of the molecule is Cn1ccnc1COc1ccc(CN)cc1Br. The fraction of sp³-hybridized carbons (Fsp3) is 0.250. The Hall–Kier alpha value is -1.33. The van der Waals surface area contributed by atoms with E-state index in [9.17, 15) is 0 Å². The third-order valence-electron chi connectivity index (χ3n) is 2.51. The van der Waals surface area contributed by atoms with Crippen molar-refractivity contribution in [3.63, 3.8) is 0 Å². The highest BCUT2D eigenvalue weighted by Gasteiger charge is 2.04. The molecule has 0 radical (unpaired) electrons. The number of imidazole rings is 1. The lowest BCUT2D eigenvalue weighted by Gasteiger charge is -2.09. The van der Waals surface area contributed by atoms with E-state index in [4.69, 9.17) is 10.5 Å². The molecular weight excluding hydrogens is 282 g/mol. The number of benzene rings is 1. The molecule has 2 rings (SSSR count). The number of nitrogens with zero attached hydrogens (tertiary/aromatic N) is 2. The molecule has 2 N–H and O–H groups in total. The molecule has 0 aliphatic rings. The van der Waals surface area contributed by atoms with Gasteiger partial charge in [0.1, 0.15) is 18.2 Å². The van der Waals surface area contributed by atoms with Gasteiger partial charge in [0.25, 0.3) is 0 Å². The second kappa shape index (κ2) is 5.33. The molecule has 0 aliphatic carbocycles. The normalized spacial score (nSPS) is 10.5. The van der Waals surface area contributed by atoms with Crippen molar-refractivity contribution in [1.82, 2.24) is 9.55 Å². The molecule has 90 valence electrons. The van der Waals surface area contributed by atoms with Crippen LogP contribution in [0, 0.1) is 0 Å². The Morgan fingerprint density at radius 1 is 1.47 bits per heavy atom. The summed E-state index contributed by atoms with van der Waals surface area (Å²) >= 11 is 3.46. The minimum absolute atomic E-state index is 0.448. The summed E-state index contributed by atoms with van der Waals surface area (Å²) in [5.74, 6) is 1.69. The standard InChI is InChI=1S/C12H14BrN3O/c1-16-5-4-15-12(16)8-17-11-3-2-9(7-14)6-10(11)13/h2-6H,7-8,14H2,1H3. The van der Waals surface area contributed by atoms with Gasteiger partial charge in [-0.2, -0.15) is 0 Å². The first kappa shape index (κ1) is 12.1. The van der Waals surface area contributed by atoms with Gasteiger partial charge in [-0.1, -0.05) is 6.07 Å². The van der Waals surface area contributed by atoms with Gasteiger partial charge in [-0.25, -0.2) is 4.98 Å². The summed E-state index contributed by atoms with van der Waals surface area (Å²) in [6, 6.07) is 5.83. The van der Waals surface area contributed by atoms with Crippen LogP contribution >= 0.6 is 15.9 Å². The van der Waals surface area contributed by atoms with E-state index in [0.29, 0.717) is 13.2 Å². The van der Waals surface area contributed by atoms with E-state index in [0.717, 1.165) is 21.6 Å². The van der Waals surface area contributed by atoms with Crippen LogP contribution in [0.5, 0.6) is 5.75 Å². The number of ether oxygens (including phenoxy) is 1. The fourth-order valence-corrected chi connectivity index (χ4v) is 2.01. The van der Waals surface area contributed by atoms with Gasteiger partial charge in [-0.15, -0.1) is 0 Å². The van der Waals surface area contributed by atoms with Gasteiger partial charge in [0.15, 0.2) is 0 Å². The zero-order valence-corrected chi connectivity index (χ0v) is 11.1. The van der Waals surface area contributed by atoms with Crippen LogP contribution in [0.3, 0.4) is 0 Å². The lowest BCUT2D eigenvalue weighted by atomic mass is 10.2. The second-order valence-corrected chi connectivity index (χ2v) is 4.57. The molecule has 2 aromatic rings. The van der Waals surface area contributed by atoms with Gasteiger partial charge in [-0.3, -0.25) is 0 Å². The van der Waals surface area contributed by atoms with Crippen LogP contribution in [0.2, 0.25) is 0 Å². The molecule has 4 nitrogen and oxygen atoms in total. The summed E-state index contributed by atoms with van der Waals surface area (Å²) in [6.45, 7) is 0.975. The van der Waals surface area contributed by atoms with Crippen molar-refractivity contribution in [3.05, 3.63) is 46.5 Å². The maximum Gasteiger partial charge on any atom is 0.146 e. The van der Waals surface area contributed by atoms with E-state index in [-0.39, 0.29) is 0 Å². The van der Waals surface area contributed by atoms with Crippen LogP contribution in [0.25, 0.3) is 0 Å². The molecular formula is C12H14BrN3O. The van der Waals surface area contributed by atoms with E-state index in [1.807, 2.05) is 36.0 Å². The van der Waals surface area contributed by atoms with Gasteiger partial charge < -0.3 is 15.0 Å². The first-order valence-electron chi connectivity index (χ1n) is 5.28. The minimum atomic E-state index is 0.448. The summed E-state index contributed by atoms with van der Waals surface area (Å²) in [6.07, 6.45) is 3.65. The van der Waals surface area contributed by atoms with Crippen LogP contribution in [0.1, 0.15) is 11.4 Å². The Morgan fingerprint density at radius 2 is 2.29 bits per heavy atom. The molecule has 1 heterocycles. The number of hydrogen-bond acceptors (Lipinski definition) is 3. The molecule has 0 amide bonds. The van der Waals surface area contributed by atoms with E-state index < -0.39 is 0 Å². The van der Waals surface area contributed by atoms with Crippen molar-refractivity contribution in [2.24, 2.45) is 12.8 Å². The third kappa shape index (κ3) is 2.87. The third-order valence-corrected chi connectivity index (χ3v) is 3.13. The number of nitrogens with two attached hydrogens (primary N) is 1. The molecule has 1 aromatic heterocycles. The van der Waals surface area contributed by atoms with Crippen molar-refractivity contribution < 1.29 is 4.74 Å². The fourth-order valence-electron chi connectivity index (χ4n) is 1.47. The quantitative estimate of drug-likeness (QED) is 0.941. The lowest BCUT2D eigenvalue weighted by Crippen LogP contribution is -2.03. The van der Waals surface area contributed by atoms with E-state index in [1.165, 1.54) is 0 Å². The second-order valence-electron chi connectivity index (χ2n) is 3.71. The van der Waals surface area contributed by atoms with Gasteiger partial charge in [0.2, 0.25) is 0 Å². The smallest absolute Gasteiger partial charge is 0.146 e. The molecule has 0 fully saturated rings. The molecule has 17 heavy (non-hydrogen) atoms. The highest BCUT2D eigenvalue weighted by molar-refractivity contribution is 9.10. The molecule has 0 bridgehead atoms. The number of aryl methyl sites for hydroxylation is 1. The van der Waals surface area contributed by atoms with E-state index in [2.05, 4.69) is 20.9 Å². The van der Waals surface area contributed by atoms with Crippen LogP contribution in [-0.2, 0) is 20.2 Å². The van der Waals surface area contributed by atoms with Crippen LogP contribution in [0.4, 0.5) is 0 Å². The number of rotatable bonds is 4. The molecule has 5 heteroatoms. The number of hydrogen-bond donors (Lipinski definition) is 1. The molecule has 0 unspecified atom stereocenters. The van der Waals surface area contributed by atoms with E-state index in [1.54, 1.807) is 6.20 Å². The van der Waals surface area contributed by atoms with Crippen molar-refractivity contribution in [3.8, 4) is 5.75 Å². The first-order valence-corrected chi connectivity index (χ1v) is 6.07. The number of halogens is 1. The highest BCUT2D eigenvalue weighted by atomic mass is 79.9.